The molecule has 0 saturated carbocycles. The highest BCUT2D eigenvalue weighted by atomic mass is 16.3. The van der Waals surface area contributed by atoms with Crippen molar-refractivity contribution in [1.82, 2.24) is 5.32 Å². The highest BCUT2D eigenvalue weighted by Crippen LogP contribution is 2.46. The Morgan fingerprint density at radius 1 is 1.03 bits per heavy atom. The van der Waals surface area contributed by atoms with Gasteiger partial charge < -0.3 is 9.73 Å². The van der Waals surface area contributed by atoms with Crippen LogP contribution in [-0.4, -0.2) is 11.9 Å². The molecule has 0 saturated heterocycles. The van der Waals surface area contributed by atoms with E-state index in [0.29, 0.717) is 12.2 Å². The summed E-state index contributed by atoms with van der Waals surface area (Å²) < 4.78 is 5.92. The minimum absolute atomic E-state index is 0.116. The van der Waals surface area contributed by atoms with Crippen molar-refractivity contribution in [1.29, 1.82) is 0 Å². The Bertz CT molecular complexity index is 884. The van der Waals surface area contributed by atoms with Crippen molar-refractivity contribution in [2.24, 2.45) is 0 Å². The molecule has 0 bridgehead atoms. The van der Waals surface area contributed by atoms with Crippen LogP contribution in [-0.2, 0) is 17.3 Å². The van der Waals surface area contributed by atoms with Crippen LogP contribution in [0.3, 0.4) is 0 Å². The summed E-state index contributed by atoms with van der Waals surface area (Å²) in [4.78, 5) is 12.4. The SMILES string of the molecule is CCC(CC)NC(=O)c1ccc(Cc2cc3c(cc2C)C(C)(C)CCC3(C)C)o1. The van der Waals surface area contributed by atoms with Gasteiger partial charge in [-0.3, -0.25) is 4.79 Å². The quantitative estimate of drug-likeness (QED) is 0.611. The first kappa shape index (κ1) is 21.7. The van der Waals surface area contributed by atoms with Crippen LogP contribution < -0.4 is 5.32 Å². The van der Waals surface area contributed by atoms with E-state index in [1.54, 1.807) is 6.07 Å². The van der Waals surface area contributed by atoms with Gasteiger partial charge in [0.1, 0.15) is 5.76 Å². The van der Waals surface area contributed by atoms with Crippen molar-refractivity contribution < 1.29 is 9.21 Å². The number of carbonyl (C=O) groups excluding carboxylic acids is 1. The summed E-state index contributed by atoms with van der Waals surface area (Å²) in [7, 11) is 0. The molecule has 0 unspecified atom stereocenters. The third-order valence-electron chi connectivity index (χ3n) is 6.88. The lowest BCUT2D eigenvalue weighted by atomic mass is 9.62. The van der Waals surface area contributed by atoms with Gasteiger partial charge in [0, 0.05) is 12.5 Å². The monoisotopic (exact) mass is 395 g/mol. The molecular weight excluding hydrogens is 358 g/mol. The molecule has 2 aromatic rings. The minimum Gasteiger partial charge on any atom is -0.456 e. The maximum atomic E-state index is 12.4. The number of benzene rings is 1. The average Bonchev–Trinajstić information content (AvgIpc) is 3.13. The van der Waals surface area contributed by atoms with Gasteiger partial charge in [0.15, 0.2) is 5.76 Å². The lowest BCUT2D eigenvalue weighted by Gasteiger charge is -2.42. The zero-order valence-electron chi connectivity index (χ0n) is 19.2. The Hall–Kier alpha value is -2.03. The van der Waals surface area contributed by atoms with Gasteiger partial charge in [-0.2, -0.15) is 0 Å². The molecule has 1 aliphatic carbocycles. The van der Waals surface area contributed by atoms with E-state index in [0.717, 1.165) is 18.6 Å². The summed E-state index contributed by atoms with van der Waals surface area (Å²) >= 11 is 0. The summed E-state index contributed by atoms with van der Waals surface area (Å²) in [6.07, 6.45) is 5.00. The first-order valence-corrected chi connectivity index (χ1v) is 11.1. The Balaban J connectivity index is 1.85. The van der Waals surface area contributed by atoms with Crippen LogP contribution >= 0.6 is 0 Å². The molecule has 0 aliphatic heterocycles. The number of aryl methyl sites for hydroxylation is 1. The van der Waals surface area contributed by atoms with Crippen molar-refractivity contribution in [2.45, 2.75) is 97.4 Å². The van der Waals surface area contributed by atoms with E-state index in [2.05, 4.69) is 65.9 Å². The van der Waals surface area contributed by atoms with E-state index >= 15 is 0 Å². The van der Waals surface area contributed by atoms with Crippen LogP contribution in [0, 0.1) is 6.92 Å². The molecule has 0 fully saturated rings. The van der Waals surface area contributed by atoms with E-state index in [1.807, 2.05) is 6.07 Å². The van der Waals surface area contributed by atoms with Gasteiger partial charge in [-0.15, -0.1) is 0 Å². The van der Waals surface area contributed by atoms with Crippen LogP contribution in [0.4, 0.5) is 0 Å². The van der Waals surface area contributed by atoms with Crippen molar-refractivity contribution >= 4 is 5.91 Å². The molecule has 158 valence electrons. The summed E-state index contributed by atoms with van der Waals surface area (Å²) in [5, 5.41) is 3.05. The Labute approximate surface area is 176 Å². The number of carbonyl (C=O) groups is 1. The molecule has 0 atom stereocenters. The van der Waals surface area contributed by atoms with Crippen LogP contribution in [0.25, 0.3) is 0 Å². The summed E-state index contributed by atoms with van der Waals surface area (Å²) in [6.45, 7) is 15.8. The van der Waals surface area contributed by atoms with E-state index in [4.69, 9.17) is 4.42 Å². The van der Waals surface area contributed by atoms with Crippen molar-refractivity contribution in [2.75, 3.05) is 0 Å². The van der Waals surface area contributed by atoms with Crippen LogP contribution in [0.15, 0.2) is 28.7 Å². The standard InChI is InChI=1S/C26H37NO2/c1-8-19(9-2)27-24(28)23-11-10-20(29-23)15-18-16-22-21(14-17(18)3)25(4,5)12-13-26(22,6)7/h10-11,14,16,19H,8-9,12-13,15H2,1-7H3,(H,27,28). The van der Waals surface area contributed by atoms with Gasteiger partial charge in [0.2, 0.25) is 0 Å². The van der Waals surface area contributed by atoms with Gasteiger partial charge in [-0.1, -0.05) is 53.7 Å². The van der Waals surface area contributed by atoms with E-state index in [1.165, 1.54) is 35.1 Å². The number of hydrogen-bond acceptors (Lipinski definition) is 2. The van der Waals surface area contributed by atoms with Gasteiger partial charge >= 0.3 is 0 Å². The predicted octanol–water partition coefficient (Wildman–Crippen LogP) is 6.45. The predicted molar refractivity (Wildman–Crippen MR) is 120 cm³/mol. The molecular formula is C26H37NO2. The summed E-state index contributed by atoms with van der Waals surface area (Å²) in [6, 6.07) is 8.71. The van der Waals surface area contributed by atoms with Crippen molar-refractivity contribution in [3.05, 3.63) is 58.0 Å². The Morgan fingerprint density at radius 3 is 2.21 bits per heavy atom. The topological polar surface area (TPSA) is 42.2 Å². The first-order valence-electron chi connectivity index (χ1n) is 11.1. The molecule has 1 aromatic heterocycles. The summed E-state index contributed by atoms with van der Waals surface area (Å²) in [5.74, 6) is 1.13. The molecule has 0 radical (unpaired) electrons. The fourth-order valence-corrected chi connectivity index (χ4v) is 4.49. The molecule has 1 aromatic carbocycles. The van der Waals surface area contributed by atoms with Gasteiger partial charge in [0.25, 0.3) is 5.91 Å². The zero-order valence-corrected chi connectivity index (χ0v) is 19.2. The van der Waals surface area contributed by atoms with E-state index in [-0.39, 0.29) is 22.8 Å². The lowest BCUT2D eigenvalue weighted by molar-refractivity contribution is 0.0905. The molecule has 0 spiro atoms. The maximum Gasteiger partial charge on any atom is 0.287 e. The molecule has 3 nitrogen and oxygen atoms in total. The molecule has 3 heteroatoms. The molecule has 1 aliphatic rings. The fourth-order valence-electron chi connectivity index (χ4n) is 4.49. The second-order valence-corrected chi connectivity index (χ2v) is 10.0. The molecule has 1 N–H and O–H groups in total. The maximum absolute atomic E-state index is 12.4. The van der Waals surface area contributed by atoms with Crippen molar-refractivity contribution in [3.8, 4) is 0 Å². The molecule has 3 rings (SSSR count). The Morgan fingerprint density at radius 2 is 1.62 bits per heavy atom. The van der Waals surface area contributed by atoms with E-state index in [9.17, 15) is 4.79 Å². The number of hydrogen-bond donors (Lipinski definition) is 1. The highest BCUT2D eigenvalue weighted by Gasteiger charge is 2.37. The number of rotatable bonds is 6. The van der Waals surface area contributed by atoms with Crippen LogP contribution in [0.2, 0.25) is 0 Å². The smallest absolute Gasteiger partial charge is 0.287 e. The molecule has 29 heavy (non-hydrogen) atoms. The van der Waals surface area contributed by atoms with Gasteiger partial charge in [-0.25, -0.2) is 0 Å². The lowest BCUT2D eigenvalue weighted by Crippen LogP contribution is -2.34. The van der Waals surface area contributed by atoms with Gasteiger partial charge in [-0.05, 0) is 77.8 Å². The van der Waals surface area contributed by atoms with Crippen molar-refractivity contribution in [3.63, 3.8) is 0 Å². The number of furan rings is 1. The largest absolute Gasteiger partial charge is 0.456 e. The van der Waals surface area contributed by atoms with Gasteiger partial charge in [0.05, 0.1) is 0 Å². The second kappa shape index (κ2) is 8.01. The third kappa shape index (κ3) is 4.44. The third-order valence-corrected chi connectivity index (χ3v) is 6.88. The molecule has 1 amide bonds. The van der Waals surface area contributed by atoms with E-state index < -0.39 is 0 Å². The highest BCUT2D eigenvalue weighted by molar-refractivity contribution is 5.91. The molecule has 1 heterocycles. The number of nitrogens with one attached hydrogen (secondary N) is 1. The number of amides is 1. The normalized spacial score (nSPS) is 17.2. The van der Waals surface area contributed by atoms with Crippen LogP contribution in [0.5, 0.6) is 0 Å². The first-order chi connectivity index (χ1) is 13.6. The summed E-state index contributed by atoms with van der Waals surface area (Å²) in [5.41, 5.74) is 5.95. The Kier molecular flexibility index (Phi) is 5.98. The van der Waals surface area contributed by atoms with Crippen LogP contribution in [0.1, 0.15) is 106 Å². The zero-order chi connectivity index (χ0) is 21.4. The number of fused-ring (bicyclic) bond motifs is 1. The minimum atomic E-state index is -0.116. The second-order valence-electron chi connectivity index (χ2n) is 10.0. The average molecular weight is 396 g/mol. The fraction of sp³-hybridized carbons (Fsp3) is 0.577.